The van der Waals surface area contributed by atoms with Crippen LogP contribution in [0.3, 0.4) is 0 Å². The van der Waals surface area contributed by atoms with Gasteiger partial charge in [-0.2, -0.15) is 13.2 Å². The maximum absolute atomic E-state index is 12.6. The van der Waals surface area contributed by atoms with Crippen LogP contribution in [0.4, 0.5) is 18.3 Å². The predicted octanol–water partition coefficient (Wildman–Crippen LogP) is 1.01. The van der Waals surface area contributed by atoms with E-state index in [2.05, 4.69) is 19.8 Å². The van der Waals surface area contributed by atoms with Gasteiger partial charge >= 0.3 is 6.18 Å². The molecule has 1 aliphatic rings. The summed E-state index contributed by atoms with van der Waals surface area (Å²) in [7, 11) is -1.82. The number of halogens is 3. The summed E-state index contributed by atoms with van der Waals surface area (Å²) >= 11 is 0.554. The van der Waals surface area contributed by atoms with E-state index in [1.54, 1.807) is 4.90 Å². The number of nitrogens with zero attached hydrogens (tertiary/aromatic N) is 4. The van der Waals surface area contributed by atoms with E-state index in [9.17, 15) is 21.6 Å². The van der Waals surface area contributed by atoms with E-state index in [0.717, 1.165) is 13.0 Å². The van der Waals surface area contributed by atoms with Crippen molar-refractivity contribution in [3.05, 3.63) is 5.01 Å². The van der Waals surface area contributed by atoms with Crippen LogP contribution in [0.5, 0.6) is 0 Å². The lowest BCUT2D eigenvalue weighted by Crippen LogP contribution is -2.32. The van der Waals surface area contributed by atoms with Crippen molar-refractivity contribution < 1.29 is 21.6 Å². The van der Waals surface area contributed by atoms with Crippen LogP contribution in [-0.2, 0) is 16.2 Å². The summed E-state index contributed by atoms with van der Waals surface area (Å²) in [4.78, 5) is 3.92. The van der Waals surface area contributed by atoms with Gasteiger partial charge in [0.25, 0.3) is 0 Å². The van der Waals surface area contributed by atoms with Crippen LogP contribution < -0.4 is 9.62 Å². The molecule has 1 aromatic heterocycles. The minimum atomic E-state index is -4.47. The topological polar surface area (TPSA) is 78.4 Å². The van der Waals surface area contributed by atoms with Gasteiger partial charge in [0.2, 0.25) is 20.2 Å². The Balaban J connectivity index is 1.85. The average molecular weight is 387 g/mol. The molecule has 1 fully saturated rings. The van der Waals surface area contributed by atoms with Crippen molar-refractivity contribution in [2.45, 2.75) is 19.0 Å². The van der Waals surface area contributed by atoms with Gasteiger partial charge in [-0.15, -0.1) is 10.2 Å². The van der Waals surface area contributed by atoms with Gasteiger partial charge in [-0.05, 0) is 33.0 Å². The Bertz CT molecular complexity index is 635. The van der Waals surface area contributed by atoms with E-state index >= 15 is 0 Å². The Kier molecular flexibility index (Phi) is 6.39. The van der Waals surface area contributed by atoms with Crippen LogP contribution in [-0.4, -0.2) is 69.0 Å². The summed E-state index contributed by atoms with van der Waals surface area (Å²) in [5.41, 5.74) is 0. The monoisotopic (exact) mass is 387 g/mol. The molecule has 12 heteroatoms. The quantitative estimate of drug-likeness (QED) is 0.785. The van der Waals surface area contributed by atoms with E-state index < -0.39 is 21.2 Å². The van der Waals surface area contributed by atoms with Crippen molar-refractivity contribution >= 4 is 26.5 Å². The van der Waals surface area contributed by atoms with Crippen LogP contribution in [0.15, 0.2) is 0 Å². The van der Waals surface area contributed by atoms with Crippen molar-refractivity contribution in [1.29, 1.82) is 0 Å². The van der Waals surface area contributed by atoms with Gasteiger partial charge in [-0.1, -0.05) is 11.3 Å². The molecule has 1 saturated heterocycles. The molecule has 0 radical (unpaired) electrons. The SMILES string of the molecule is CNS(=O)(=O)CCCN1CCCN(c2nnc(C(F)(F)F)s2)CC1. The molecule has 1 N–H and O–H groups in total. The van der Waals surface area contributed by atoms with Crippen molar-refractivity contribution in [2.24, 2.45) is 0 Å². The molecule has 0 aliphatic carbocycles. The Morgan fingerprint density at radius 2 is 1.96 bits per heavy atom. The molecule has 24 heavy (non-hydrogen) atoms. The molecule has 1 aromatic rings. The zero-order valence-electron chi connectivity index (χ0n) is 13.2. The molecule has 0 amide bonds. The number of sulfonamides is 1. The maximum Gasteiger partial charge on any atom is 0.445 e. The number of hydrogen-bond acceptors (Lipinski definition) is 7. The van der Waals surface area contributed by atoms with E-state index in [1.165, 1.54) is 7.05 Å². The first-order chi connectivity index (χ1) is 11.2. The number of nitrogens with one attached hydrogen (secondary N) is 1. The number of rotatable bonds is 6. The molecule has 2 heterocycles. The summed E-state index contributed by atoms with van der Waals surface area (Å²) in [6, 6.07) is 0. The van der Waals surface area contributed by atoms with Crippen LogP contribution >= 0.6 is 11.3 Å². The number of alkyl halides is 3. The molecule has 2 rings (SSSR count). The largest absolute Gasteiger partial charge is 0.445 e. The number of aromatic nitrogens is 2. The molecular formula is C12H20F3N5O2S2. The van der Waals surface area contributed by atoms with E-state index in [-0.39, 0.29) is 10.9 Å². The van der Waals surface area contributed by atoms with Gasteiger partial charge in [-0.3, -0.25) is 0 Å². The lowest BCUT2D eigenvalue weighted by molar-refractivity contribution is -0.138. The molecule has 0 atom stereocenters. The average Bonchev–Trinajstić information content (AvgIpc) is 2.89. The number of anilines is 1. The highest BCUT2D eigenvalue weighted by molar-refractivity contribution is 7.89. The minimum absolute atomic E-state index is 0.0645. The van der Waals surface area contributed by atoms with Crippen LogP contribution in [0, 0.1) is 0 Å². The van der Waals surface area contributed by atoms with Crippen LogP contribution in [0.1, 0.15) is 17.8 Å². The lowest BCUT2D eigenvalue weighted by atomic mass is 10.3. The van der Waals surface area contributed by atoms with E-state index in [1.807, 2.05) is 0 Å². The first-order valence-corrected chi connectivity index (χ1v) is 9.97. The van der Waals surface area contributed by atoms with Crippen molar-refractivity contribution in [3.8, 4) is 0 Å². The van der Waals surface area contributed by atoms with Gasteiger partial charge in [0, 0.05) is 19.6 Å². The third-order valence-corrected chi connectivity index (χ3v) is 6.19. The molecule has 0 bridgehead atoms. The fourth-order valence-corrected chi connectivity index (χ4v) is 3.90. The second kappa shape index (κ2) is 7.93. The molecule has 1 aliphatic heterocycles. The van der Waals surface area contributed by atoms with Crippen molar-refractivity contribution in [2.75, 3.05) is 50.4 Å². The molecule has 138 valence electrons. The van der Waals surface area contributed by atoms with Crippen molar-refractivity contribution in [1.82, 2.24) is 19.8 Å². The summed E-state index contributed by atoms with van der Waals surface area (Å²) in [5, 5.41) is 6.21. The predicted molar refractivity (Wildman–Crippen MR) is 85.6 cm³/mol. The second-order valence-corrected chi connectivity index (χ2v) is 8.45. The number of hydrogen-bond donors (Lipinski definition) is 1. The third kappa shape index (κ3) is 5.53. The molecule has 0 spiro atoms. The minimum Gasteiger partial charge on any atom is -0.345 e. The highest BCUT2D eigenvalue weighted by Crippen LogP contribution is 2.34. The third-order valence-electron chi connectivity index (χ3n) is 3.71. The second-order valence-electron chi connectivity index (χ2n) is 5.45. The highest BCUT2D eigenvalue weighted by Gasteiger charge is 2.36. The molecule has 0 unspecified atom stereocenters. The summed E-state index contributed by atoms with van der Waals surface area (Å²) in [6.07, 6.45) is -3.17. The first kappa shape index (κ1) is 19.3. The summed E-state index contributed by atoms with van der Waals surface area (Å²) < 4.78 is 62.9. The van der Waals surface area contributed by atoms with Crippen LogP contribution in [0.2, 0.25) is 0 Å². The Hall–Kier alpha value is -0.980. The first-order valence-electron chi connectivity index (χ1n) is 7.50. The summed E-state index contributed by atoms with van der Waals surface area (Å²) in [6.45, 7) is 3.23. The normalized spacial score (nSPS) is 17.9. The standard InChI is InChI=1S/C12H20F3N5O2S2/c1-16-24(21,22)9-3-5-19-4-2-6-20(8-7-19)11-18-17-10(23-11)12(13,14)15/h16H,2-9H2,1H3. The lowest BCUT2D eigenvalue weighted by Gasteiger charge is -2.21. The highest BCUT2D eigenvalue weighted by atomic mass is 32.2. The molecule has 0 aromatic carbocycles. The molecular weight excluding hydrogens is 367 g/mol. The van der Waals surface area contributed by atoms with E-state index in [0.29, 0.717) is 43.9 Å². The van der Waals surface area contributed by atoms with Gasteiger partial charge < -0.3 is 9.80 Å². The Morgan fingerprint density at radius 1 is 1.21 bits per heavy atom. The Morgan fingerprint density at radius 3 is 2.58 bits per heavy atom. The molecule has 7 nitrogen and oxygen atoms in total. The smallest absolute Gasteiger partial charge is 0.345 e. The van der Waals surface area contributed by atoms with Gasteiger partial charge in [0.15, 0.2) is 0 Å². The summed E-state index contributed by atoms with van der Waals surface area (Å²) in [5.74, 6) is 0.0645. The van der Waals surface area contributed by atoms with Gasteiger partial charge in [0.05, 0.1) is 5.75 Å². The zero-order chi connectivity index (χ0) is 17.8. The molecule has 0 saturated carbocycles. The fourth-order valence-electron chi connectivity index (χ4n) is 2.42. The van der Waals surface area contributed by atoms with Gasteiger partial charge in [0.1, 0.15) is 0 Å². The fraction of sp³-hybridized carbons (Fsp3) is 0.833. The van der Waals surface area contributed by atoms with Gasteiger partial charge in [-0.25, -0.2) is 13.1 Å². The van der Waals surface area contributed by atoms with E-state index in [4.69, 9.17) is 0 Å². The van der Waals surface area contributed by atoms with Crippen LogP contribution in [0.25, 0.3) is 0 Å². The maximum atomic E-state index is 12.6. The Labute approximate surface area is 142 Å². The zero-order valence-corrected chi connectivity index (χ0v) is 14.8. The van der Waals surface area contributed by atoms with Crippen molar-refractivity contribution in [3.63, 3.8) is 0 Å².